The third-order valence-corrected chi connectivity index (χ3v) is 5.78. The number of nitrogens with one attached hydrogen (secondary N) is 1. The summed E-state index contributed by atoms with van der Waals surface area (Å²) in [6.45, 7) is 0.934. The molecule has 3 heterocycles. The van der Waals surface area contributed by atoms with Crippen molar-refractivity contribution in [3.05, 3.63) is 57.8 Å². The normalized spacial score (nSPS) is 16.5. The first-order valence-electron chi connectivity index (χ1n) is 9.65. The minimum absolute atomic E-state index is 0.236. The van der Waals surface area contributed by atoms with E-state index in [2.05, 4.69) is 5.32 Å². The number of carbonyl (C=O) groups is 2. The number of fused-ring (bicyclic) bond motifs is 1. The van der Waals surface area contributed by atoms with Crippen LogP contribution < -0.4 is 5.32 Å². The Morgan fingerprint density at radius 2 is 2.10 bits per heavy atom. The van der Waals surface area contributed by atoms with Gasteiger partial charge in [-0.1, -0.05) is 29.3 Å². The van der Waals surface area contributed by atoms with Gasteiger partial charge in [0.2, 0.25) is 0 Å². The smallest absolute Gasteiger partial charge is 0.407 e. The topological polar surface area (TPSA) is 96.2 Å². The number of amides is 2. The van der Waals surface area contributed by atoms with E-state index in [4.69, 9.17) is 32.9 Å². The van der Waals surface area contributed by atoms with Gasteiger partial charge in [-0.05, 0) is 18.2 Å². The highest BCUT2D eigenvalue weighted by molar-refractivity contribution is 6.33. The predicted octanol–water partition coefficient (Wildman–Crippen LogP) is 3.59. The predicted molar refractivity (Wildman–Crippen MR) is 117 cm³/mol. The molecule has 0 saturated carbocycles. The van der Waals surface area contributed by atoms with Crippen LogP contribution in [0.1, 0.15) is 16.1 Å². The summed E-state index contributed by atoms with van der Waals surface area (Å²) in [4.78, 5) is 29.4. The van der Waals surface area contributed by atoms with E-state index in [0.717, 1.165) is 5.69 Å². The number of aromatic nitrogens is 2. The molecule has 1 aromatic carbocycles. The number of benzene rings is 1. The van der Waals surface area contributed by atoms with E-state index in [-0.39, 0.29) is 18.6 Å². The molecule has 10 heteroatoms. The van der Waals surface area contributed by atoms with Gasteiger partial charge in [-0.3, -0.25) is 4.79 Å². The summed E-state index contributed by atoms with van der Waals surface area (Å²) in [5.74, 6) is -0.236. The van der Waals surface area contributed by atoms with E-state index in [0.29, 0.717) is 52.1 Å². The molecule has 1 aliphatic heterocycles. The quantitative estimate of drug-likeness (QED) is 0.617. The van der Waals surface area contributed by atoms with E-state index in [1.54, 1.807) is 37.4 Å². The van der Waals surface area contributed by atoms with Crippen LogP contribution in [0, 0.1) is 0 Å². The Labute approximate surface area is 188 Å². The molecule has 1 saturated heterocycles. The lowest BCUT2D eigenvalue weighted by Crippen LogP contribution is -2.45. The Morgan fingerprint density at radius 3 is 2.81 bits per heavy atom. The van der Waals surface area contributed by atoms with Crippen molar-refractivity contribution in [2.45, 2.75) is 12.5 Å². The first-order chi connectivity index (χ1) is 14.9. The van der Waals surface area contributed by atoms with Gasteiger partial charge in [0.05, 0.1) is 35.7 Å². The zero-order valence-electron chi connectivity index (χ0n) is 16.6. The first kappa shape index (κ1) is 21.4. The summed E-state index contributed by atoms with van der Waals surface area (Å²) >= 11 is 12.7. The second kappa shape index (κ2) is 8.74. The molecule has 162 valence electrons. The van der Waals surface area contributed by atoms with Gasteiger partial charge in [0.1, 0.15) is 5.65 Å². The van der Waals surface area contributed by atoms with Crippen LogP contribution in [0.5, 0.6) is 0 Å². The number of halogens is 2. The summed E-state index contributed by atoms with van der Waals surface area (Å²) in [6.07, 6.45) is 0.943. The van der Waals surface area contributed by atoms with E-state index < -0.39 is 6.09 Å². The fourth-order valence-corrected chi connectivity index (χ4v) is 4.13. The summed E-state index contributed by atoms with van der Waals surface area (Å²) in [5.41, 5.74) is 3.19. The highest BCUT2D eigenvalue weighted by Gasteiger charge is 2.27. The molecule has 1 aliphatic rings. The molecule has 0 aliphatic carbocycles. The Kier molecular flexibility index (Phi) is 6.04. The number of carboxylic acid groups (broad SMARTS) is 1. The van der Waals surface area contributed by atoms with E-state index >= 15 is 0 Å². The molecule has 1 atom stereocenters. The Hall–Kier alpha value is -2.81. The van der Waals surface area contributed by atoms with E-state index in [1.165, 1.54) is 4.90 Å². The molecule has 0 unspecified atom stereocenters. The number of morpholine rings is 1. The van der Waals surface area contributed by atoms with Gasteiger partial charge in [-0.25, -0.2) is 9.78 Å². The van der Waals surface area contributed by atoms with Gasteiger partial charge in [-0.2, -0.15) is 0 Å². The van der Waals surface area contributed by atoms with Crippen LogP contribution in [0.4, 0.5) is 4.79 Å². The highest BCUT2D eigenvalue weighted by Crippen LogP contribution is 2.33. The monoisotopic (exact) mass is 462 g/mol. The minimum atomic E-state index is -0.966. The first-order valence-corrected chi connectivity index (χ1v) is 10.4. The third-order valence-electron chi connectivity index (χ3n) is 5.23. The summed E-state index contributed by atoms with van der Waals surface area (Å²) < 4.78 is 7.73. The number of rotatable bonds is 4. The average molecular weight is 463 g/mol. The number of nitrogens with zero attached hydrogens (tertiary/aromatic N) is 3. The maximum Gasteiger partial charge on any atom is 0.407 e. The van der Waals surface area contributed by atoms with Crippen molar-refractivity contribution in [1.82, 2.24) is 19.6 Å². The fraction of sp³-hybridized carbons (Fsp3) is 0.286. The number of ether oxygens (including phenoxy) is 1. The van der Waals surface area contributed by atoms with Gasteiger partial charge < -0.3 is 24.5 Å². The van der Waals surface area contributed by atoms with E-state index in [9.17, 15) is 14.7 Å². The SMILES string of the molecule is CNC(=O)c1ccc(-c2nc3cc(Cl)ccn3c2C[C@H]2CN(C(=O)O)CCO2)c(Cl)c1. The number of pyridine rings is 1. The Morgan fingerprint density at radius 1 is 1.29 bits per heavy atom. The van der Waals surface area contributed by atoms with Crippen LogP contribution in [0.2, 0.25) is 10.0 Å². The summed E-state index contributed by atoms with van der Waals surface area (Å²) in [6, 6.07) is 8.53. The molecule has 3 aromatic rings. The molecular weight excluding hydrogens is 443 g/mol. The van der Waals surface area contributed by atoms with Crippen LogP contribution in [0.3, 0.4) is 0 Å². The van der Waals surface area contributed by atoms with Crippen molar-refractivity contribution < 1.29 is 19.4 Å². The van der Waals surface area contributed by atoms with Crippen molar-refractivity contribution in [3.8, 4) is 11.3 Å². The van der Waals surface area contributed by atoms with Gasteiger partial charge in [0.25, 0.3) is 5.91 Å². The second-order valence-corrected chi connectivity index (χ2v) is 8.02. The molecule has 8 nitrogen and oxygen atoms in total. The van der Waals surface area contributed by atoms with Crippen molar-refractivity contribution in [2.75, 3.05) is 26.7 Å². The number of imidazole rings is 1. The molecule has 0 spiro atoms. The summed E-state index contributed by atoms with van der Waals surface area (Å²) in [7, 11) is 1.55. The van der Waals surface area contributed by atoms with Crippen LogP contribution in [0.25, 0.3) is 16.9 Å². The molecule has 31 heavy (non-hydrogen) atoms. The third kappa shape index (κ3) is 4.32. The maximum absolute atomic E-state index is 11.9. The Bertz CT molecular complexity index is 1160. The van der Waals surface area contributed by atoms with Crippen LogP contribution >= 0.6 is 23.2 Å². The van der Waals surface area contributed by atoms with Crippen molar-refractivity contribution in [1.29, 1.82) is 0 Å². The van der Waals surface area contributed by atoms with Gasteiger partial charge in [0, 0.05) is 48.4 Å². The molecular formula is C21H20Cl2N4O4. The largest absolute Gasteiger partial charge is 0.465 e. The zero-order valence-corrected chi connectivity index (χ0v) is 18.2. The molecule has 0 bridgehead atoms. The highest BCUT2D eigenvalue weighted by atomic mass is 35.5. The lowest BCUT2D eigenvalue weighted by atomic mass is 10.0. The van der Waals surface area contributed by atoms with Gasteiger partial charge >= 0.3 is 6.09 Å². The molecule has 4 rings (SSSR count). The van der Waals surface area contributed by atoms with Gasteiger partial charge in [-0.15, -0.1) is 0 Å². The van der Waals surface area contributed by atoms with Crippen molar-refractivity contribution in [2.24, 2.45) is 0 Å². The maximum atomic E-state index is 11.9. The number of hydrogen-bond donors (Lipinski definition) is 2. The molecule has 2 amide bonds. The molecule has 2 N–H and O–H groups in total. The molecule has 0 radical (unpaired) electrons. The standard InChI is InChI=1S/C21H20Cl2N4O4/c1-24-20(28)12-2-3-15(16(23)8-12)19-17(27-5-4-13(22)9-18(27)25-19)10-14-11-26(21(29)30)6-7-31-14/h2-5,8-9,14H,6-7,10-11H2,1H3,(H,24,28)(H,29,30)/t14-/m0/s1. The lowest BCUT2D eigenvalue weighted by Gasteiger charge is -2.31. The fourth-order valence-electron chi connectivity index (χ4n) is 3.71. The van der Waals surface area contributed by atoms with Crippen LogP contribution in [-0.2, 0) is 11.2 Å². The zero-order chi connectivity index (χ0) is 22.1. The van der Waals surface area contributed by atoms with Crippen LogP contribution in [-0.4, -0.2) is 64.2 Å². The van der Waals surface area contributed by atoms with Crippen molar-refractivity contribution >= 4 is 40.8 Å². The van der Waals surface area contributed by atoms with Crippen molar-refractivity contribution in [3.63, 3.8) is 0 Å². The minimum Gasteiger partial charge on any atom is -0.465 e. The van der Waals surface area contributed by atoms with Gasteiger partial charge in [0.15, 0.2) is 0 Å². The second-order valence-electron chi connectivity index (χ2n) is 7.18. The van der Waals surface area contributed by atoms with Crippen LogP contribution in [0.15, 0.2) is 36.5 Å². The number of carbonyl (C=O) groups excluding carboxylic acids is 1. The average Bonchev–Trinajstić information content (AvgIpc) is 3.10. The molecule has 1 fully saturated rings. The number of hydrogen-bond acceptors (Lipinski definition) is 4. The Balaban J connectivity index is 1.77. The lowest BCUT2D eigenvalue weighted by molar-refractivity contribution is -0.0214. The molecule has 2 aromatic heterocycles. The van der Waals surface area contributed by atoms with E-state index in [1.807, 2.05) is 10.6 Å². The summed E-state index contributed by atoms with van der Waals surface area (Å²) in [5, 5.41) is 12.8.